The topological polar surface area (TPSA) is 25.8 Å². The van der Waals surface area contributed by atoms with Crippen LogP contribution in [0.3, 0.4) is 0 Å². The van der Waals surface area contributed by atoms with E-state index in [4.69, 9.17) is 0 Å². The fourth-order valence-corrected chi connectivity index (χ4v) is 3.54. The molecule has 2 nitrogen and oxygen atoms in total. The zero-order chi connectivity index (χ0) is 12.5. The lowest BCUT2D eigenvalue weighted by molar-refractivity contribution is 1.22. The number of nitrogens with zero attached hydrogens (tertiary/aromatic N) is 2. The monoisotopic (exact) mass is 272 g/mol. The zero-order valence-corrected chi connectivity index (χ0v) is 11.8. The van der Waals surface area contributed by atoms with Gasteiger partial charge in [-0.2, -0.15) is 0 Å². The van der Waals surface area contributed by atoms with E-state index in [0.29, 0.717) is 0 Å². The highest BCUT2D eigenvalue weighted by Crippen LogP contribution is 2.34. The minimum Gasteiger partial charge on any atom is -0.241 e. The van der Waals surface area contributed by atoms with Crippen molar-refractivity contribution in [2.45, 2.75) is 13.8 Å². The van der Waals surface area contributed by atoms with Crippen LogP contribution in [0.2, 0.25) is 0 Å². The molecule has 0 amide bonds. The molecule has 2 heterocycles. The van der Waals surface area contributed by atoms with Crippen molar-refractivity contribution in [3.8, 4) is 20.5 Å². The van der Waals surface area contributed by atoms with Crippen LogP contribution < -0.4 is 0 Å². The first-order valence-electron chi connectivity index (χ1n) is 5.69. The highest BCUT2D eigenvalue weighted by molar-refractivity contribution is 7.23. The highest BCUT2D eigenvalue weighted by atomic mass is 32.1. The number of benzene rings is 1. The Morgan fingerprint density at radius 3 is 2.39 bits per heavy atom. The van der Waals surface area contributed by atoms with Crippen LogP contribution in [0.1, 0.15) is 10.6 Å². The smallest absolute Gasteiger partial charge is 0.152 e. The maximum absolute atomic E-state index is 4.55. The minimum atomic E-state index is 1.01. The van der Waals surface area contributed by atoms with Crippen molar-refractivity contribution in [1.82, 2.24) is 9.97 Å². The van der Waals surface area contributed by atoms with Gasteiger partial charge in [0.2, 0.25) is 0 Å². The van der Waals surface area contributed by atoms with Crippen LogP contribution in [0.15, 0.2) is 36.5 Å². The molecule has 0 bridgehead atoms. The van der Waals surface area contributed by atoms with Gasteiger partial charge in [-0.3, -0.25) is 0 Å². The Morgan fingerprint density at radius 2 is 1.72 bits per heavy atom. The van der Waals surface area contributed by atoms with Crippen molar-refractivity contribution in [2.24, 2.45) is 0 Å². The molecule has 0 spiro atoms. The van der Waals surface area contributed by atoms with E-state index < -0.39 is 0 Å². The molecule has 0 fully saturated rings. The molecule has 2 aromatic heterocycles. The van der Waals surface area contributed by atoms with Gasteiger partial charge in [0.05, 0.1) is 10.6 Å². The first-order valence-corrected chi connectivity index (χ1v) is 7.33. The fourth-order valence-electron chi connectivity index (χ4n) is 1.67. The first kappa shape index (κ1) is 11.6. The average Bonchev–Trinajstić information content (AvgIpc) is 2.99. The largest absolute Gasteiger partial charge is 0.241 e. The first-order chi connectivity index (χ1) is 8.74. The average molecular weight is 272 g/mol. The third-order valence-electron chi connectivity index (χ3n) is 2.78. The number of thiazole rings is 2. The number of aromatic nitrogens is 2. The van der Waals surface area contributed by atoms with E-state index in [2.05, 4.69) is 29.0 Å². The molecule has 90 valence electrons. The van der Waals surface area contributed by atoms with Gasteiger partial charge in [0.1, 0.15) is 0 Å². The van der Waals surface area contributed by atoms with Crippen molar-refractivity contribution in [3.05, 3.63) is 47.1 Å². The van der Waals surface area contributed by atoms with Crippen LogP contribution in [0.25, 0.3) is 20.5 Å². The van der Waals surface area contributed by atoms with Crippen LogP contribution in [-0.4, -0.2) is 9.97 Å². The predicted molar refractivity (Wildman–Crippen MR) is 78.1 cm³/mol. The van der Waals surface area contributed by atoms with E-state index in [1.165, 1.54) is 15.3 Å². The summed E-state index contributed by atoms with van der Waals surface area (Å²) in [6.07, 6.45) is 1.93. The quantitative estimate of drug-likeness (QED) is 0.684. The molecule has 0 unspecified atom stereocenters. The van der Waals surface area contributed by atoms with Crippen LogP contribution in [0, 0.1) is 13.8 Å². The number of aryl methyl sites for hydroxylation is 2. The van der Waals surface area contributed by atoms with E-state index in [0.717, 1.165) is 15.7 Å². The molecule has 3 aromatic rings. The third kappa shape index (κ3) is 2.09. The van der Waals surface area contributed by atoms with E-state index in [1.54, 1.807) is 22.7 Å². The molecular formula is C14H12N2S2. The SMILES string of the molecule is Cc1nc(-c2ncc(-c3ccccc3)s2)sc1C. The molecule has 0 aliphatic rings. The second-order valence-electron chi connectivity index (χ2n) is 4.06. The van der Waals surface area contributed by atoms with Crippen molar-refractivity contribution >= 4 is 22.7 Å². The van der Waals surface area contributed by atoms with Gasteiger partial charge in [0, 0.05) is 11.1 Å². The van der Waals surface area contributed by atoms with Crippen LogP contribution in [0.4, 0.5) is 0 Å². The lowest BCUT2D eigenvalue weighted by Gasteiger charge is -1.93. The standard InChI is InChI=1S/C14H12N2S2/c1-9-10(2)17-14(16-9)13-15-8-12(18-13)11-6-4-3-5-7-11/h3-8H,1-2H3. The van der Waals surface area contributed by atoms with Crippen LogP contribution in [-0.2, 0) is 0 Å². The van der Waals surface area contributed by atoms with Gasteiger partial charge < -0.3 is 0 Å². The molecule has 0 N–H and O–H groups in total. The summed E-state index contributed by atoms with van der Waals surface area (Å²) >= 11 is 3.41. The molecule has 0 saturated carbocycles. The van der Waals surface area contributed by atoms with Gasteiger partial charge in [-0.1, -0.05) is 30.3 Å². The summed E-state index contributed by atoms with van der Waals surface area (Å²) in [6.45, 7) is 4.14. The second kappa shape index (κ2) is 4.63. The Hall–Kier alpha value is -1.52. The Bertz CT molecular complexity index is 649. The lowest BCUT2D eigenvalue weighted by Crippen LogP contribution is -1.74. The number of rotatable bonds is 2. The Labute approximate surface area is 114 Å². The van der Waals surface area contributed by atoms with E-state index in [1.807, 2.05) is 31.3 Å². The van der Waals surface area contributed by atoms with Gasteiger partial charge in [0.15, 0.2) is 10.0 Å². The summed E-state index contributed by atoms with van der Waals surface area (Å²) in [6, 6.07) is 10.3. The Morgan fingerprint density at radius 1 is 0.944 bits per heavy atom. The molecule has 0 aliphatic carbocycles. The highest BCUT2D eigenvalue weighted by Gasteiger charge is 2.11. The van der Waals surface area contributed by atoms with Gasteiger partial charge in [-0.15, -0.1) is 22.7 Å². The summed E-state index contributed by atoms with van der Waals surface area (Å²) in [4.78, 5) is 11.5. The summed E-state index contributed by atoms with van der Waals surface area (Å²) in [5, 5.41) is 2.03. The third-order valence-corrected chi connectivity index (χ3v) is 5.04. The maximum atomic E-state index is 4.55. The molecule has 0 radical (unpaired) electrons. The molecule has 0 saturated heterocycles. The van der Waals surface area contributed by atoms with E-state index in [-0.39, 0.29) is 0 Å². The molecule has 18 heavy (non-hydrogen) atoms. The molecule has 1 aromatic carbocycles. The van der Waals surface area contributed by atoms with Crippen molar-refractivity contribution in [2.75, 3.05) is 0 Å². The number of hydrogen-bond donors (Lipinski definition) is 0. The van der Waals surface area contributed by atoms with Crippen LogP contribution >= 0.6 is 22.7 Å². The van der Waals surface area contributed by atoms with Crippen molar-refractivity contribution < 1.29 is 0 Å². The number of hydrogen-bond acceptors (Lipinski definition) is 4. The molecule has 0 atom stereocenters. The van der Waals surface area contributed by atoms with Gasteiger partial charge in [0.25, 0.3) is 0 Å². The van der Waals surface area contributed by atoms with Crippen LogP contribution in [0.5, 0.6) is 0 Å². The summed E-state index contributed by atoms with van der Waals surface area (Å²) in [5.74, 6) is 0. The van der Waals surface area contributed by atoms with Gasteiger partial charge in [-0.05, 0) is 19.4 Å². The second-order valence-corrected chi connectivity index (χ2v) is 6.29. The summed E-state index contributed by atoms with van der Waals surface area (Å²) in [7, 11) is 0. The summed E-state index contributed by atoms with van der Waals surface area (Å²) in [5.41, 5.74) is 2.32. The van der Waals surface area contributed by atoms with Crippen molar-refractivity contribution in [3.63, 3.8) is 0 Å². The molecule has 3 rings (SSSR count). The van der Waals surface area contributed by atoms with E-state index in [9.17, 15) is 0 Å². The fraction of sp³-hybridized carbons (Fsp3) is 0.143. The molecule has 0 aliphatic heterocycles. The van der Waals surface area contributed by atoms with Crippen molar-refractivity contribution in [1.29, 1.82) is 0 Å². The maximum Gasteiger partial charge on any atom is 0.152 e. The van der Waals surface area contributed by atoms with Gasteiger partial charge >= 0.3 is 0 Å². The predicted octanol–water partition coefficient (Wildman–Crippen LogP) is 4.55. The molecule has 4 heteroatoms. The minimum absolute atomic E-state index is 1.01. The van der Waals surface area contributed by atoms with Gasteiger partial charge in [-0.25, -0.2) is 9.97 Å². The lowest BCUT2D eigenvalue weighted by atomic mass is 10.2. The van der Waals surface area contributed by atoms with E-state index >= 15 is 0 Å². The normalized spacial score (nSPS) is 10.8. The molecular weight excluding hydrogens is 260 g/mol. The zero-order valence-electron chi connectivity index (χ0n) is 10.2. The Kier molecular flexibility index (Phi) is 2.97. The summed E-state index contributed by atoms with van der Waals surface area (Å²) < 4.78 is 0. The Balaban J connectivity index is 1.99.